The van der Waals surface area contributed by atoms with Gasteiger partial charge in [0.2, 0.25) is 0 Å². The van der Waals surface area contributed by atoms with Crippen LogP contribution < -0.4 is 0 Å². The van der Waals surface area contributed by atoms with Crippen LogP contribution in [0.15, 0.2) is 188 Å². The lowest BCUT2D eigenvalue weighted by atomic mass is 9.80. The summed E-state index contributed by atoms with van der Waals surface area (Å²) in [5.74, 6) is 0. The standard InChI is InChI=1S/C59H34/c1-33-27-49-40-20-11-9-18-37(40)31-52-56(49)51(28-33)59-54(35-15-6-3-7-16-35)57-44-24-23-38-29-47-43-22-12-21-42-39-19-10-8-17-36(39)30-50(55(42)43)48(47)32-46(38)41(44)25-26-45(57)53(58(52)59)34-13-4-2-5-14-34/h2-32H,1H3. The molecule has 0 fully saturated rings. The first-order valence-electron chi connectivity index (χ1n) is 20.8. The van der Waals surface area contributed by atoms with Gasteiger partial charge in [-0.25, -0.2) is 0 Å². The maximum Gasteiger partial charge on any atom is -0.000709 e. The third-order valence-electron chi connectivity index (χ3n) is 13.7. The van der Waals surface area contributed by atoms with E-state index < -0.39 is 0 Å². The molecule has 270 valence electrons. The second kappa shape index (κ2) is 11.3. The highest BCUT2D eigenvalue weighted by Crippen LogP contribution is 2.60. The van der Waals surface area contributed by atoms with Crippen molar-refractivity contribution in [2.45, 2.75) is 6.92 Å². The van der Waals surface area contributed by atoms with Gasteiger partial charge in [-0.1, -0.05) is 164 Å². The van der Waals surface area contributed by atoms with Crippen LogP contribution in [0.4, 0.5) is 0 Å². The molecule has 0 spiro atoms. The molecule has 0 nitrogen and oxygen atoms in total. The Balaban J connectivity index is 1.17. The first-order valence-corrected chi connectivity index (χ1v) is 20.8. The SMILES string of the molecule is Cc1cc2c3c(cc4ccccc4c3c1)-c1c-2c(-c2ccccc2)c2c(ccc3c4cc5c(cc4ccc32)-c2cccc3c2c-5cc2ccccc23)c1-c1ccccc1. The van der Waals surface area contributed by atoms with E-state index in [0.717, 1.165) is 0 Å². The fourth-order valence-corrected chi connectivity index (χ4v) is 11.3. The van der Waals surface area contributed by atoms with Crippen molar-refractivity contribution in [2.24, 2.45) is 0 Å². The zero-order valence-corrected chi connectivity index (χ0v) is 32.4. The van der Waals surface area contributed by atoms with E-state index in [1.165, 1.54) is 148 Å². The molecule has 0 aromatic heterocycles. The lowest BCUT2D eigenvalue weighted by Gasteiger charge is -2.22. The van der Waals surface area contributed by atoms with Gasteiger partial charge in [-0.2, -0.15) is 0 Å². The molecule has 0 bridgehead atoms. The highest BCUT2D eigenvalue weighted by atomic mass is 14.3. The number of hydrogen-bond donors (Lipinski definition) is 0. The lowest BCUT2D eigenvalue weighted by molar-refractivity contribution is 1.51. The predicted octanol–water partition coefficient (Wildman–Crippen LogP) is 16.7. The number of fused-ring (bicyclic) bond motifs is 15. The number of rotatable bonds is 2. The van der Waals surface area contributed by atoms with Crippen molar-refractivity contribution in [3.63, 3.8) is 0 Å². The van der Waals surface area contributed by atoms with Crippen LogP contribution in [-0.2, 0) is 0 Å². The molecule has 2 aliphatic carbocycles. The number of aryl methyl sites for hydroxylation is 1. The van der Waals surface area contributed by atoms with Crippen molar-refractivity contribution in [3.8, 4) is 66.8 Å². The van der Waals surface area contributed by atoms with Crippen LogP contribution >= 0.6 is 0 Å². The minimum atomic E-state index is 1.25. The van der Waals surface area contributed by atoms with E-state index in [9.17, 15) is 0 Å². The van der Waals surface area contributed by atoms with E-state index in [1.54, 1.807) is 0 Å². The van der Waals surface area contributed by atoms with Crippen molar-refractivity contribution in [3.05, 3.63) is 194 Å². The maximum atomic E-state index is 2.50. The molecule has 12 aromatic rings. The van der Waals surface area contributed by atoms with Gasteiger partial charge >= 0.3 is 0 Å². The molecule has 14 rings (SSSR count). The fraction of sp³-hybridized carbons (Fsp3) is 0.0169. The quantitative estimate of drug-likeness (QED) is 0.155. The van der Waals surface area contributed by atoms with E-state index in [-0.39, 0.29) is 0 Å². The van der Waals surface area contributed by atoms with Gasteiger partial charge in [0, 0.05) is 0 Å². The monoisotopic (exact) mass is 742 g/mol. The predicted molar refractivity (Wildman–Crippen MR) is 253 cm³/mol. The van der Waals surface area contributed by atoms with Gasteiger partial charge in [-0.15, -0.1) is 0 Å². The molecule has 0 radical (unpaired) electrons. The summed E-state index contributed by atoms with van der Waals surface area (Å²) < 4.78 is 0. The Morgan fingerprint density at radius 2 is 0.763 bits per heavy atom. The molecule has 0 heteroatoms. The van der Waals surface area contributed by atoms with Crippen molar-refractivity contribution in [1.29, 1.82) is 0 Å². The average molecular weight is 743 g/mol. The molecule has 0 unspecified atom stereocenters. The van der Waals surface area contributed by atoms with Crippen LogP contribution in [0.2, 0.25) is 0 Å². The highest BCUT2D eigenvalue weighted by molar-refractivity contribution is 6.35. The molecule has 0 saturated heterocycles. The third-order valence-corrected chi connectivity index (χ3v) is 13.7. The first kappa shape index (κ1) is 31.5. The third kappa shape index (κ3) is 4.08. The summed E-state index contributed by atoms with van der Waals surface area (Å²) in [5.41, 5.74) is 17.1. The van der Waals surface area contributed by atoms with Crippen molar-refractivity contribution < 1.29 is 0 Å². The summed E-state index contributed by atoms with van der Waals surface area (Å²) in [7, 11) is 0. The molecule has 0 saturated carbocycles. The summed E-state index contributed by atoms with van der Waals surface area (Å²) in [6, 6.07) is 71.3. The van der Waals surface area contributed by atoms with Crippen LogP contribution in [0.1, 0.15) is 5.56 Å². The molecule has 0 atom stereocenters. The van der Waals surface area contributed by atoms with Gasteiger partial charge in [-0.05, 0) is 179 Å². The zero-order chi connectivity index (χ0) is 38.5. The minimum absolute atomic E-state index is 1.25. The van der Waals surface area contributed by atoms with Crippen LogP contribution in [0.3, 0.4) is 0 Å². The summed E-state index contributed by atoms with van der Waals surface area (Å²) in [4.78, 5) is 0. The van der Waals surface area contributed by atoms with Crippen LogP contribution in [0, 0.1) is 6.92 Å². The van der Waals surface area contributed by atoms with E-state index >= 15 is 0 Å². The second-order valence-electron chi connectivity index (χ2n) is 16.8. The van der Waals surface area contributed by atoms with E-state index in [4.69, 9.17) is 0 Å². The molecular formula is C59H34. The van der Waals surface area contributed by atoms with E-state index in [1.807, 2.05) is 0 Å². The average Bonchev–Trinajstić information content (AvgIpc) is 3.77. The first-order chi connectivity index (χ1) is 29.2. The Kier molecular flexibility index (Phi) is 6.05. The Morgan fingerprint density at radius 3 is 1.54 bits per heavy atom. The van der Waals surface area contributed by atoms with Crippen LogP contribution in [0.5, 0.6) is 0 Å². The van der Waals surface area contributed by atoms with E-state index in [2.05, 4.69) is 195 Å². The molecule has 59 heavy (non-hydrogen) atoms. The zero-order valence-electron chi connectivity index (χ0n) is 32.4. The molecule has 0 heterocycles. The normalized spacial score (nSPS) is 12.5. The summed E-state index contributed by atoms with van der Waals surface area (Å²) in [6.07, 6.45) is 0. The molecule has 12 aromatic carbocycles. The molecule has 0 aliphatic heterocycles. The molecular weight excluding hydrogens is 709 g/mol. The van der Waals surface area contributed by atoms with Gasteiger partial charge in [0.15, 0.2) is 0 Å². The smallest absolute Gasteiger partial charge is 0.000709 e. The maximum absolute atomic E-state index is 2.50. The Morgan fingerprint density at radius 1 is 0.237 bits per heavy atom. The molecule has 2 aliphatic rings. The van der Waals surface area contributed by atoms with Gasteiger partial charge < -0.3 is 0 Å². The summed E-state index contributed by atoms with van der Waals surface area (Å²) in [6.45, 7) is 2.26. The van der Waals surface area contributed by atoms with Gasteiger partial charge in [0.25, 0.3) is 0 Å². The Hall–Kier alpha value is -7.54. The second-order valence-corrected chi connectivity index (χ2v) is 16.8. The van der Waals surface area contributed by atoms with E-state index in [0.29, 0.717) is 0 Å². The van der Waals surface area contributed by atoms with Gasteiger partial charge in [-0.3, -0.25) is 0 Å². The topological polar surface area (TPSA) is 0 Å². The largest absolute Gasteiger partial charge is 0.0622 e. The van der Waals surface area contributed by atoms with Crippen molar-refractivity contribution in [1.82, 2.24) is 0 Å². The Bertz CT molecular complexity index is 3870. The fourth-order valence-electron chi connectivity index (χ4n) is 11.3. The van der Waals surface area contributed by atoms with Gasteiger partial charge in [0.05, 0.1) is 0 Å². The summed E-state index contributed by atoms with van der Waals surface area (Å²) >= 11 is 0. The van der Waals surface area contributed by atoms with Gasteiger partial charge in [0.1, 0.15) is 0 Å². The highest BCUT2D eigenvalue weighted by Gasteiger charge is 2.33. The minimum Gasteiger partial charge on any atom is -0.0622 e. The Labute approximate surface area is 341 Å². The lowest BCUT2D eigenvalue weighted by Crippen LogP contribution is -1.95. The van der Waals surface area contributed by atoms with Crippen LogP contribution in [-0.4, -0.2) is 0 Å². The van der Waals surface area contributed by atoms with Crippen LogP contribution in [0.25, 0.3) is 142 Å². The molecule has 0 amide bonds. The summed E-state index contributed by atoms with van der Waals surface area (Å²) in [5, 5.41) is 18.4. The molecule has 0 N–H and O–H groups in total. The van der Waals surface area contributed by atoms with Crippen molar-refractivity contribution >= 4 is 75.4 Å². The number of hydrogen-bond acceptors (Lipinski definition) is 0. The van der Waals surface area contributed by atoms with Crippen molar-refractivity contribution in [2.75, 3.05) is 0 Å². The number of benzene rings is 12.